The van der Waals surface area contributed by atoms with Gasteiger partial charge < -0.3 is 10.5 Å². The summed E-state index contributed by atoms with van der Waals surface area (Å²) in [6.45, 7) is 7.23. The van der Waals surface area contributed by atoms with Crippen LogP contribution >= 0.6 is 0 Å². The summed E-state index contributed by atoms with van der Waals surface area (Å²) in [7, 11) is 0. The number of rotatable bonds is 6. The number of ether oxygens (including phenoxy) is 1. The summed E-state index contributed by atoms with van der Waals surface area (Å²) in [6.07, 6.45) is 1.99. The van der Waals surface area contributed by atoms with Gasteiger partial charge in [-0.1, -0.05) is 38.1 Å². The van der Waals surface area contributed by atoms with E-state index >= 15 is 0 Å². The van der Waals surface area contributed by atoms with Crippen molar-refractivity contribution in [2.45, 2.75) is 39.5 Å². The Morgan fingerprint density at radius 3 is 2.62 bits per heavy atom. The lowest BCUT2D eigenvalue weighted by molar-refractivity contribution is 0.306. The zero-order valence-corrected chi connectivity index (χ0v) is 13.2. The molecule has 112 valence electrons. The minimum Gasteiger partial charge on any atom is -0.493 e. The maximum absolute atomic E-state index is 6.00. The Bertz CT molecular complexity index is 590. The van der Waals surface area contributed by atoms with Crippen molar-refractivity contribution in [3.8, 4) is 5.75 Å². The van der Waals surface area contributed by atoms with Crippen LogP contribution in [-0.4, -0.2) is 6.61 Å². The van der Waals surface area contributed by atoms with E-state index in [1.54, 1.807) is 0 Å². The van der Waals surface area contributed by atoms with Crippen LogP contribution in [-0.2, 0) is 6.42 Å². The van der Waals surface area contributed by atoms with E-state index in [1.807, 2.05) is 18.2 Å². The van der Waals surface area contributed by atoms with Crippen molar-refractivity contribution in [1.29, 1.82) is 0 Å². The molecular weight excluding hydrogens is 258 g/mol. The van der Waals surface area contributed by atoms with Crippen molar-refractivity contribution in [3.05, 3.63) is 59.2 Å². The van der Waals surface area contributed by atoms with Gasteiger partial charge in [0.2, 0.25) is 0 Å². The predicted octanol–water partition coefficient (Wildman–Crippen LogP) is 4.71. The highest BCUT2D eigenvalue weighted by atomic mass is 16.5. The first-order valence-corrected chi connectivity index (χ1v) is 7.64. The lowest BCUT2D eigenvalue weighted by Gasteiger charge is -2.15. The van der Waals surface area contributed by atoms with Gasteiger partial charge in [0.1, 0.15) is 5.75 Å². The molecule has 2 heteroatoms. The minimum atomic E-state index is 0.481. The van der Waals surface area contributed by atoms with Crippen LogP contribution in [0.25, 0.3) is 0 Å². The third kappa shape index (κ3) is 4.52. The van der Waals surface area contributed by atoms with Gasteiger partial charge in [0.05, 0.1) is 6.61 Å². The van der Waals surface area contributed by atoms with Crippen LogP contribution in [0.4, 0.5) is 5.69 Å². The van der Waals surface area contributed by atoms with Gasteiger partial charge in [-0.3, -0.25) is 0 Å². The molecule has 0 unspecified atom stereocenters. The van der Waals surface area contributed by atoms with Crippen molar-refractivity contribution in [3.63, 3.8) is 0 Å². The van der Waals surface area contributed by atoms with Crippen LogP contribution in [0.1, 0.15) is 42.9 Å². The highest BCUT2D eigenvalue weighted by Gasteiger charge is 2.07. The highest BCUT2D eigenvalue weighted by Crippen LogP contribution is 2.27. The molecule has 0 fully saturated rings. The second kappa shape index (κ2) is 7.16. The fourth-order valence-electron chi connectivity index (χ4n) is 2.45. The predicted molar refractivity (Wildman–Crippen MR) is 89.9 cm³/mol. The summed E-state index contributed by atoms with van der Waals surface area (Å²) >= 11 is 0. The largest absolute Gasteiger partial charge is 0.493 e. The lowest BCUT2D eigenvalue weighted by atomic mass is 10.0. The van der Waals surface area contributed by atoms with Crippen LogP contribution in [0.5, 0.6) is 5.75 Å². The molecule has 0 heterocycles. The van der Waals surface area contributed by atoms with E-state index in [1.165, 1.54) is 16.7 Å². The number of hydrogen-bond donors (Lipinski definition) is 1. The summed E-state index contributed by atoms with van der Waals surface area (Å²) in [5.41, 5.74) is 10.4. The summed E-state index contributed by atoms with van der Waals surface area (Å²) in [5, 5.41) is 0. The van der Waals surface area contributed by atoms with Gasteiger partial charge in [-0.2, -0.15) is 0 Å². The third-order valence-electron chi connectivity index (χ3n) is 3.61. The standard InChI is InChI=1S/C19H25NO/c1-14(2)18-10-9-15(3)12-19(18)21-11-5-7-16-6-4-8-17(20)13-16/h4,6,8-10,12-14H,5,7,11,20H2,1-3H3. The van der Waals surface area contributed by atoms with Crippen LogP contribution in [0.2, 0.25) is 0 Å². The van der Waals surface area contributed by atoms with E-state index in [4.69, 9.17) is 10.5 Å². The second-order valence-electron chi connectivity index (χ2n) is 5.89. The molecule has 0 atom stereocenters. The third-order valence-corrected chi connectivity index (χ3v) is 3.61. The molecule has 0 bridgehead atoms. The Morgan fingerprint density at radius 2 is 1.90 bits per heavy atom. The van der Waals surface area contributed by atoms with E-state index in [0.29, 0.717) is 5.92 Å². The number of anilines is 1. The Balaban J connectivity index is 1.90. The molecule has 0 spiro atoms. The first-order valence-electron chi connectivity index (χ1n) is 7.64. The van der Waals surface area contributed by atoms with Gasteiger partial charge in [-0.15, -0.1) is 0 Å². The quantitative estimate of drug-likeness (QED) is 0.615. The average Bonchev–Trinajstić information content (AvgIpc) is 2.43. The molecule has 21 heavy (non-hydrogen) atoms. The minimum absolute atomic E-state index is 0.481. The molecule has 2 nitrogen and oxygen atoms in total. The smallest absolute Gasteiger partial charge is 0.122 e. The summed E-state index contributed by atoms with van der Waals surface area (Å²) < 4.78 is 6.00. The maximum Gasteiger partial charge on any atom is 0.122 e. The SMILES string of the molecule is Cc1ccc(C(C)C)c(OCCCc2cccc(N)c2)c1. The molecule has 2 aromatic carbocycles. The lowest BCUT2D eigenvalue weighted by Crippen LogP contribution is -2.03. The Morgan fingerprint density at radius 1 is 1.10 bits per heavy atom. The van der Waals surface area contributed by atoms with Crippen LogP contribution in [0.15, 0.2) is 42.5 Å². The molecule has 0 radical (unpaired) electrons. The van der Waals surface area contributed by atoms with Crippen molar-refractivity contribution in [2.24, 2.45) is 0 Å². The van der Waals surface area contributed by atoms with Crippen molar-refractivity contribution >= 4 is 5.69 Å². The van der Waals surface area contributed by atoms with Crippen LogP contribution < -0.4 is 10.5 Å². The molecule has 2 rings (SSSR count). The zero-order valence-electron chi connectivity index (χ0n) is 13.2. The summed E-state index contributed by atoms with van der Waals surface area (Å²) in [5.74, 6) is 1.51. The average molecular weight is 283 g/mol. The topological polar surface area (TPSA) is 35.2 Å². The Kier molecular flexibility index (Phi) is 5.26. The fraction of sp³-hybridized carbons (Fsp3) is 0.368. The van der Waals surface area contributed by atoms with Crippen LogP contribution in [0.3, 0.4) is 0 Å². The molecule has 0 aliphatic heterocycles. The van der Waals surface area contributed by atoms with Gasteiger partial charge in [0.15, 0.2) is 0 Å². The molecule has 0 saturated heterocycles. The van der Waals surface area contributed by atoms with E-state index in [2.05, 4.69) is 45.0 Å². The van der Waals surface area contributed by atoms with Gasteiger partial charge in [0.25, 0.3) is 0 Å². The highest BCUT2D eigenvalue weighted by molar-refractivity contribution is 5.41. The Hall–Kier alpha value is -1.96. The number of benzene rings is 2. The van der Waals surface area contributed by atoms with Gasteiger partial charge >= 0.3 is 0 Å². The molecule has 2 aromatic rings. The molecule has 0 saturated carbocycles. The van der Waals surface area contributed by atoms with Crippen LogP contribution in [0, 0.1) is 6.92 Å². The van der Waals surface area contributed by atoms with Gasteiger partial charge in [0, 0.05) is 5.69 Å². The molecular formula is C19H25NO. The monoisotopic (exact) mass is 283 g/mol. The second-order valence-corrected chi connectivity index (χ2v) is 5.89. The van der Waals surface area contributed by atoms with Crippen molar-refractivity contribution in [1.82, 2.24) is 0 Å². The van der Waals surface area contributed by atoms with Crippen molar-refractivity contribution in [2.75, 3.05) is 12.3 Å². The summed E-state index contributed by atoms with van der Waals surface area (Å²) in [4.78, 5) is 0. The number of nitrogen functional groups attached to an aromatic ring is 1. The van der Waals surface area contributed by atoms with E-state index in [0.717, 1.165) is 30.9 Å². The summed E-state index contributed by atoms with van der Waals surface area (Å²) in [6, 6.07) is 14.5. The first-order chi connectivity index (χ1) is 10.1. The molecule has 0 aliphatic carbocycles. The Labute approximate surface area is 127 Å². The van der Waals surface area contributed by atoms with E-state index in [9.17, 15) is 0 Å². The number of hydrogen-bond acceptors (Lipinski definition) is 2. The molecule has 0 amide bonds. The molecule has 0 aliphatic rings. The van der Waals surface area contributed by atoms with E-state index < -0.39 is 0 Å². The van der Waals surface area contributed by atoms with Crippen molar-refractivity contribution < 1.29 is 4.74 Å². The maximum atomic E-state index is 6.00. The fourth-order valence-corrected chi connectivity index (χ4v) is 2.45. The molecule has 2 N–H and O–H groups in total. The van der Waals surface area contributed by atoms with E-state index in [-0.39, 0.29) is 0 Å². The van der Waals surface area contributed by atoms with Gasteiger partial charge in [-0.05, 0) is 60.6 Å². The first kappa shape index (κ1) is 15.4. The normalized spacial score (nSPS) is 10.9. The molecule has 0 aromatic heterocycles. The van der Waals surface area contributed by atoms with Gasteiger partial charge in [-0.25, -0.2) is 0 Å². The number of aryl methyl sites for hydroxylation is 2. The number of nitrogens with two attached hydrogens (primary N) is 1. The zero-order chi connectivity index (χ0) is 15.2.